The minimum Gasteiger partial charge on any atom is -0.478 e. The highest BCUT2D eigenvalue weighted by atomic mass is 16.4. The lowest BCUT2D eigenvalue weighted by Gasteiger charge is -2.16. The van der Waals surface area contributed by atoms with Crippen molar-refractivity contribution >= 4 is 5.97 Å². The molecular formula is C12H17N5O2. The molecule has 0 unspecified atom stereocenters. The Labute approximate surface area is 111 Å². The van der Waals surface area contributed by atoms with Crippen LogP contribution in [-0.4, -0.2) is 42.6 Å². The predicted octanol–water partition coefficient (Wildman–Crippen LogP) is 0.484. The van der Waals surface area contributed by atoms with E-state index in [9.17, 15) is 4.79 Å². The fraction of sp³-hybridized carbons (Fsp3) is 0.417. The Bertz CT molecular complexity index is 587. The molecule has 0 aliphatic rings. The van der Waals surface area contributed by atoms with Gasteiger partial charge in [0.2, 0.25) is 0 Å². The molecule has 7 heteroatoms. The summed E-state index contributed by atoms with van der Waals surface area (Å²) < 4.78 is 3.35. The first-order valence-corrected chi connectivity index (χ1v) is 5.87. The van der Waals surface area contributed by atoms with Crippen LogP contribution in [0.3, 0.4) is 0 Å². The summed E-state index contributed by atoms with van der Waals surface area (Å²) in [6.07, 6.45) is 5.13. The fourth-order valence-electron chi connectivity index (χ4n) is 2.01. The molecule has 0 fully saturated rings. The Balaban J connectivity index is 2.08. The minimum atomic E-state index is -0.946. The maximum atomic E-state index is 11.1. The summed E-state index contributed by atoms with van der Waals surface area (Å²) in [6.45, 7) is 1.23. The summed E-state index contributed by atoms with van der Waals surface area (Å²) in [5.41, 5.74) is 2.03. The lowest BCUT2D eigenvalue weighted by atomic mass is 10.2. The Morgan fingerprint density at radius 3 is 2.63 bits per heavy atom. The molecule has 2 aromatic rings. The SMILES string of the molecule is CN(Cc1cnn(C)c1)Cc1c(C(=O)O)cnn1C. The second-order valence-electron chi connectivity index (χ2n) is 4.63. The first-order chi connectivity index (χ1) is 8.97. The first-order valence-electron chi connectivity index (χ1n) is 5.87. The molecule has 2 heterocycles. The molecule has 2 rings (SSSR count). The largest absolute Gasteiger partial charge is 0.478 e. The third-order valence-corrected chi connectivity index (χ3v) is 2.92. The topological polar surface area (TPSA) is 76.2 Å². The van der Waals surface area contributed by atoms with Crippen molar-refractivity contribution in [2.45, 2.75) is 13.1 Å². The molecule has 7 nitrogen and oxygen atoms in total. The first kappa shape index (κ1) is 13.3. The normalized spacial score (nSPS) is 11.2. The maximum Gasteiger partial charge on any atom is 0.339 e. The molecule has 0 aliphatic carbocycles. The molecule has 0 aromatic carbocycles. The van der Waals surface area contributed by atoms with Crippen LogP contribution in [0.4, 0.5) is 0 Å². The third kappa shape index (κ3) is 3.00. The zero-order chi connectivity index (χ0) is 14.0. The average molecular weight is 263 g/mol. The van der Waals surface area contributed by atoms with Gasteiger partial charge in [-0.2, -0.15) is 10.2 Å². The molecule has 19 heavy (non-hydrogen) atoms. The number of rotatable bonds is 5. The van der Waals surface area contributed by atoms with E-state index in [1.807, 2.05) is 25.2 Å². The van der Waals surface area contributed by atoms with E-state index in [1.54, 1.807) is 22.6 Å². The van der Waals surface area contributed by atoms with Gasteiger partial charge in [0, 0.05) is 38.9 Å². The summed E-state index contributed by atoms with van der Waals surface area (Å²) in [7, 11) is 5.55. The number of aryl methyl sites for hydroxylation is 2. The summed E-state index contributed by atoms with van der Waals surface area (Å²) in [6, 6.07) is 0. The van der Waals surface area contributed by atoms with E-state index in [2.05, 4.69) is 10.2 Å². The number of nitrogens with zero attached hydrogens (tertiary/aromatic N) is 5. The lowest BCUT2D eigenvalue weighted by Crippen LogP contribution is -2.20. The van der Waals surface area contributed by atoms with Gasteiger partial charge in [0.15, 0.2) is 0 Å². The smallest absolute Gasteiger partial charge is 0.339 e. The molecule has 0 saturated carbocycles. The zero-order valence-electron chi connectivity index (χ0n) is 11.2. The number of carboxylic acids is 1. The van der Waals surface area contributed by atoms with Crippen LogP contribution in [0.25, 0.3) is 0 Å². The minimum absolute atomic E-state index is 0.250. The summed E-state index contributed by atoms with van der Waals surface area (Å²) in [5, 5.41) is 17.2. The molecular weight excluding hydrogens is 246 g/mol. The van der Waals surface area contributed by atoms with Gasteiger partial charge in [0.1, 0.15) is 5.56 Å². The summed E-state index contributed by atoms with van der Waals surface area (Å²) >= 11 is 0. The van der Waals surface area contributed by atoms with Crippen LogP contribution in [0.15, 0.2) is 18.6 Å². The second-order valence-corrected chi connectivity index (χ2v) is 4.63. The van der Waals surface area contributed by atoms with Crippen molar-refractivity contribution in [3.8, 4) is 0 Å². The molecule has 0 aliphatic heterocycles. The molecule has 0 amide bonds. The van der Waals surface area contributed by atoms with Gasteiger partial charge in [-0.15, -0.1) is 0 Å². The zero-order valence-corrected chi connectivity index (χ0v) is 11.2. The van der Waals surface area contributed by atoms with Gasteiger partial charge in [-0.3, -0.25) is 14.3 Å². The van der Waals surface area contributed by atoms with E-state index in [4.69, 9.17) is 5.11 Å². The summed E-state index contributed by atoms with van der Waals surface area (Å²) in [5.74, 6) is -0.946. The number of aromatic carboxylic acids is 1. The maximum absolute atomic E-state index is 11.1. The third-order valence-electron chi connectivity index (χ3n) is 2.92. The Hall–Kier alpha value is -2.15. The quantitative estimate of drug-likeness (QED) is 0.849. The highest BCUT2D eigenvalue weighted by Crippen LogP contribution is 2.12. The van der Waals surface area contributed by atoms with Crippen LogP contribution in [0.2, 0.25) is 0 Å². The molecule has 1 N–H and O–H groups in total. The highest BCUT2D eigenvalue weighted by molar-refractivity contribution is 5.88. The predicted molar refractivity (Wildman–Crippen MR) is 68.5 cm³/mol. The molecule has 0 radical (unpaired) electrons. The number of carbonyl (C=O) groups is 1. The van der Waals surface area contributed by atoms with Gasteiger partial charge in [-0.25, -0.2) is 4.79 Å². The molecule has 102 valence electrons. The van der Waals surface area contributed by atoms with Crippen LogP contribution in [0.5, 0.6) is 0 Å². The van der Waals surface area contributed by atoms with Crippen LogP contribution in [-0.2, 0) is 27.2 Å². The van der Waals surface area contributed by atoms with Gasteiger partial charge in [-0.05, 0) is 7.05 Å². The van der Waals surface area contributed by atoms with Gasteiger partial charge in [0.05, 0.1) is 18.1 Å². The van der Waals surface area contributed by atoms with Crippen molar-refractivity contribution in [3.05, 3.63) is 35.4 Å². The van der Waals surface area contributed by atoms with E-state index in [0.29, 0.717) is 18.8 Å². The van der Waals surface area contributed by atoms with Crippen molar-refractivity contribution in [2.24, 2.45) is 14.1 Å². The Kier molecular flexibility index (Phi) is 3.66. The van der Waals surface area contributed by atoms with E-state index in [0.717, 1.165) is 5.56 Å². The second kappa shape index (κ2) is 5.23. The molecule has 0 saturated heterocycles. The number of hydrogen-bond acceptors (Lipinski definition) is 4. The van der Waals surface area contributed by atoms with Crippen molar-refractivity contribution < 1.29 is 9.90 Å². The van der Waals surface area contributed by atoms with E-state index in [-0.39, 0.29) is 5.56 Å². The van der Waals surface area contributed by atoms with Gasteiger partial charge < -0.3 is 5.11 Å². The van der Waals surface area contributed by atoms with Crippen molar-refractivity contribution in [2.75, 3.05) is 7.05 Å². The standard InChI is InChI=1S/C12H17N5O2/c1-15(6-9-4-13-16(2)7-9)8-11-10(12(18)19)5-14-17(11)3/h4-5,7H,6,8H2,1-3H3,(H,18,19). The van der Waals surface area contributed by atoms with E-state index in [1.165, 1.54) is 6.20 Å². The van der Waals surface area contributed by atoms with Crippen molar-refractivity contribution in [1.82, 2.24) is 24.5 Å². The average Bonchev–Trinajstić information content (AvgIpc) is 2.87. The molecule has 2 aromatic heterocycles. The lowest BCUT2D eigenvalue weighted by molar-refractivity contribution is 0.0694. The molecule has 0 spiro atoms. The number of carboxylic acid groups (broad SMARTS) is 1. The van der Waals surface area contributed by atoms with Crippen LogP contribution in [0.1, 0.15) is 21.6 Å². The van der Waals surface area contributed by atoms with Gasteiger partial charge >= 0.3 is 5.97 Å². The van der Waals surface area contributed by atoms with Crippen molar-refractivity contribution in [1.29, 1.82) is 0 Å². The van der Waals surface area contributed by atoms with E-state index >= 15 is 0 Å². The molecule has 0 bridgehead atoms. The molecule has 0 atom stereocenters. The van der Waals surface area contributed by atoms with Crippen LogP contribution in [0, 0.1) is 0 Å². The van der Waals surface area contributed by atoms with Crippen LogP contribution < -0.4 is 0 Å². The fourth-order valence-corrected chi connectivity index (χ4v) is 2.01. The van der Waals surface area contributed by atoms with Crippen LogP contribution >= 0.6 is 0 Å². The van der Waals surface area contributed by atoms with Crippen molar-refractivity contribution in [3.63, 3.8) is 0 Å². The van der Waals surface area contributed by atoms with Gasteiger partial charge in [-0.1, -0.05) is 0 Å². The number of hydrogen-bond donors (Lipinski definition) is 1. The number of aromatic nitrogens is 4. The Morgan fingerprint density at radius 1 is 1.32 bits per heavy atom. The highest BCUT2D eigenvalue weighted by Gasteiger charge is 2.16. The Morgan fingerprint density at radius 2 is 2.05 bits per heavy atom. The summed E-state index contributed by atoms with van der Waals surface area (Å²) in [4.78, 5) is 13.1. The van der Waals surface area contributed by atoms with E-state index < -0.39 is 5.97 Å². The van der Waals surface area contributed by atoms with Gasteiger partial charge in [0.25, 0.3) is 0 Å². The monoisotopic (exact) mass is 263 g/mol.